The molecule has 66 valence electrons. The molecule has 0 radical (unpaired) electrons. The highest BCUT2D eigenvalue weighted by Crippen LogP contribution is 2.15. The van der Waals surface area contributed by atoms with E-state index in [-0.39, 0.29) is 11.6 Å². The second-order valence-corrected chi connectivity index (χ2v) is 2.91. The summed E-state index contributed by atoms with van der Waals surface area (Å²) in [5.74, 6) is -0.900. The Morgan fingerprint density at radius 2 is 2.17 bits per heavy atom. The van der Waals surface area contributed by atoms with Crippen molar-refractivity contribution in [2.45, 2.75) is 19.8 Å². The third-order valence-corrected chi connectivity index (χ3v) is 1.62. The van der Waals surface area contributed by atoms with Crippen molar-refractivity contribution >= 4 is 5.97 Å². The summed E-state index contributed by atoms with van der Waals surface area (Å²) in [6.07, 6.45) is 0. The van der Waals surface area contributed by atoms with Gasteiger partial charge in [0.05, 0.1) is 5.69 Å². The van der Waals surface area contributed by atoms with Crippen LogP contribution in [0.1, 0.15) is 35.9 Å². The van der Waals surface area contributed by atoms with Crippen LogP contribution in [-0.2, 0) is 7.05 Å². The van der Waals surface area contributed by atoms with Gasteiger partial charge in [-0.2, -0.15) is 0 Å². The largest absolute Gasteiger partial charge is 0.476 e. The van der Waals surface area contributed by atoms with Crippen LogP contribution in [0.15, 0.2) is 0 Å². The van der Waals surface area contributed by atoms with E-state index < -0.39 is 5.97 Å². The van der Waals surface area contributed by atoms with Gasteiger partial charge >= 0.3 is 5.97 Å². The van der Waals surface area contributed by atoms with Gasteiger partial charge in [-0.3, -0.25) is 4.68 Å². The molecule has 1 heterocycles. The van der Waals surface area contributed by atoms with Crippen LogP contribution in [0.5, 0.6) is 0 Å². The Hall–Kier alpha value is -1.39. The fraction of sp³-hybridized carbons (Fsp3) is 0.571. The van der Waals surface area contributed by atoms with Gasteiger partial charge in [0.25, 0.3) is 0 Å². The molecule has 1 aromatic heterocycles. The van der Waals surface area contributed by atoms with E-state index in [1.807, 2.05) is 13.8 Å². The summed E-state index contributed by atoms with van der Waals surface area (Å²) in [7, 11) is 1.69. The number of carboxylic acid groups (broad SMARTS) is 1. The molecule has 0 saturated heterocycles. The summed E-state index contributed by atoms with van der Waals surface area (Å²) in [4.78, 5) is 10.6. The summed E-state index contributed by atoms with van der Waals surface area (Å²) in [6, 6.07) is 0. The van der Waals surface area contributed by atoms with Gasteiger partial charge in [0.15, 0.2) is 5.69 Å². The molecular weight excluding hydrogens is 158 g/mol. The average Bonchev–Trinajstić information content (AvgIpc) is 2.30. The lowest BCUT2D eigenvalue weighted by Crippen LogP contribution is -2.06. The van der Waals surface area contributed by atoms with Gasteiger partial charge in [-0.25, -0.2) is 4.79 Å². The zero-order chi connectivity index (χ0) is 9.30. The summed E-state index contributed by atoms with van der Waals surface area (Å²) >= 11 is 0. The molecule has 0 aliphatic heterocycles. The van der Waals surface area contributed by atoms with Crippen molar-refractivity contribution < 1.29 is 9.90 Å². The van der Waals surface area contributed by atoms with Crippen LogP contribution in [0.2, 0.25) is 0 Å². The van der Waals surface area contributed by atoms with Gasteiger partial charge in [-0.1, -0.05) is 19.1 Å². The number of hydrogen-bond donors (Lipinski definition) is 1. The SMILES string of the molecule is CC(C)c1c(C(=O)O)nnn1C. The number of aromatic nitrogens is 3. The zero-order valence-corrected chi connectivity index (χ0v) is 7.27. The number of nitrogens with zero attached hydrogens (tertiary/aromatic N) is 3. The highest BCUT2D eigenvalue weighted by Gasteiger charge is 2.19. The average molecular weight is 169 g/mol. The first-order valence-electron chi connectivity index (χ1n) is 3.67. The molecule has 0 aliphatic rings. The van der Waals surface area contributed by atoms with Crippen LogP contribution < -0.4 is 0 Å². The van der Waals surface area contributed by atoms with Gasteiger partial charge in [0.1, 0.15) is 0 Å². The number of aromatic carboxylic acids is 1. The van der Waals surface area contributed by atoms with E-state index in [4.69, 9.17) is 5.11 Å². The molecule has 12 heavy (non-hydrogen) atoms. The maximum absolute atomic E-state index is 10.6. The van der Waals surface area contributed by atoms with Crippen LogP contribution in [-0.4, -0.2) is 26.1 Å². The molecule has 0 fully saturated rings. The molecule has 5 nitrogen and oxygen atoms in total. The molecular formula is C7H11N3O2. The Kier molecular flexibility index (Phi) is 2.12. The number of aryl methyl sites for hydroxylation is 1. The molecule has 0 bridgehead atoms. The lowest BCUT2D eigenvalue weighted by molar-refractivity contribution is 0.0688. The van der Waals surface area contributed by atoms with E-state index in [0.29, 0.717) is 5.69 Å². The fourth-order valence-corrected chi connectivity index (χ4v) is 1.16. The fourth-order valence-electron chi connectivity index (χ4n) is 1.16. The second-order valence-electron chi connectivity index (χ2n) is 2.91. The zero-order valence-electron chi connectivity index (χ0n) is 7.27. The van der Waals surface area contributed by atoms with Crippen LogP contribution in [0, 0.1) is 0 Å². The summed E-state index contributed by atoms with van der Waals surface area (Å²) in [5, 5.41) is 15.9. The lowest BCUT2D eigenvalue weighted by atomic mass is 10.1. The minimum absolute atomic E-state index is 0.0486. The normalized spacial score (nSPS) is 10.7. The highest BCUT2D eigenvalue weighted by atomic mass is 16.4. The van der Waals surface area contributed by atoms with Gasteiger partial charge in [0, 0.05) is 7.05 Å². The number of carbonyl (C=O) groups is 1. The quantitative estimate of drug-likeness (QED) is 0.705. The highest BCUT2D eigenvalue weighted by molar-refractivity contribution is 5.86. The predicted octanol–water partition coefficient (Wildman–Crippen LogP) is 0.637. The van der Waals surface area contributed by atoms with Crippen molar-refractivity contribution in [1.82, 2.24) is 15.0 Å². The van der Waals surface area contributed by atoms with E-state index in [1.165, 1.54) is 4.68 Å². The molecule has 0 saturated carbocycles. The smallest absolute Gasteiger partial charge is 0.358 e. The van der Waals surface area contributed by atoms with Crippen molar-refractivity contribution in [2.75, 3.05) is 0 Å². The minimum Gasteiger partial charge on any atom is -0.476 e. The number of hydrogen-bond acceptors (Lipinski definition) is 3. The topological polar surface area (TPSA) is 68.0 Å². The maximum atomic E-state index is 10.6. The minimum atomic E-state index is -1.02. The number of rotatable bonds is 2. The van der Waals surface area contributed by atoms with E-state index in [0.717, 1.165) is 0 Å². The van der Waals surface area contributed by atoms with E-state index >= 15 is 0 Å². The van der Waals surface area contributed by atoms with Crippen molar-refractivity contribution in [3.05, 3.63) is 11.4 Å². The third kappa shape index (κ3) is 1.30. The van der Waals surface area contributed by atoms with Gasteiger partial charge in [-0.15, -0.1) is 5.10 Å². The van der Waals surface area contributed by atoms with Gasteiger partial charge < -0.3 is 5.11 Å². The molecule has 1 rings (SSSR count). The van der Waals surface area contributed by atoms with Crippen LogP contribution >= 0.6 is 0 Å². The van der Waals surface area contributed by atoms with Crippen molar-refractivity contribution in [2.24, 2.45) is 7.05 Å². The Balaban J connectivity index is 3.21. The van der Waals surface area contributed by atoms with E-state index in [2.05, 4.69) is 10.3 Å². The second kappa shape index (κ2) is 2.92. The Morgan fingerprint density at radius 3 is 2.50 bits per heavy atom. The maximum Gasteiger partial charge on any atom is 0.358 e. The Labute approximate surface area is 70.0 Å². The van der Waals surface area contributed by atoms with Crippen molar-refractivity contribution in [1.29, 1.82) is 0 Å². The van der Waals surface area contributed by atoms with Gasteiger partial charge in [0.2, 0.25) is 0 Å². The predicted molar refractivity (Wildman–Crippen MR) is 42.1 cm³/mol. The van der Waals surface area contributed by atoms with Crippen molar-refractivity contribution in [3.8, 4) is 0 Å². The Bertz CT molecular complexity index is 304. The standard InChI is InChI=1S/C7H11N3O2/c1-4(2)6-5(7(11)12)8-9-10(6)3/h4H,1-3H3,(H,11,12). The van der Waals surface area contributed by atoms with Crippen LogP contribution in [0.4, 0.5) is 0 Å². The molecule has 0 spiro atoms. The van der Waals surface area contributed by atoms with Crippen molar-refractivity contribution in [3.63, 3.8) is 0 Å². The molecule has 0 amide bonds. The van der Waals surface area contributed by atoms with Gasteiger partial charge in [-0.05, 0) is 5.92 Å². The summed E-state index contributed by atoms with van der Waals surface area (Å²) in [5.41, 5.74) is 0.704. The molecule has 0 aromatic carbocycles. The molecule has 0 aliphatic carbocycles. The molecule has 0 atom stereocenters. The first kappa shape index (κ1) is 8.70. The Morgan fingerprint density at radius 1 is 1.58 bits per heavy atom. The number of carboxylic acids is 1. The molecule has 1 aromatic rings. The first-order chi connectivity index (χ1) is 5.54. The third-order valence-electron chi connectivity index (χ3n) is 1.62. The molecule has 1 N–H and O–H groups in total. The molecule has 0 unspecified atom stereocenters. The van der Waals surface area contributed by atoms with Crippen LogP contribution in [0.25, 0.3) is 0 Å². The van der Waals surface area contributed by atoms with Crippen LogP contribution in [0.3, 0.4) is 0 Å². The lowest BCUT2D eigenvalue weighted by Gasteiger charge is -2.04. The van der Waals surface area contributed by atoms with E-state index in [1.54, 1.807) is 7.05 Å². The first-order valence-corrected chi connectivity index (χ1v) is 3.67. The van der Waals surface area contributed by atoms with E-state index in [9.17, 15) is 4.79 Å². The summed E-state index contributed by atoms with van der Waals surface area (Å²) in [6.45, 7) is 3.82. The summed E-state index contributed by atoms with van der Waals surface area (Å²) < 4.78 is 1.49. The monoisotopic (exact) mass is 169 g/mol. The molecule has 5 heteroatoms.